The van der Waals surface area contributed by atoms with Crippen molar-refractivity contribution >= 4 is 23.5 Å². The van der Waals surface area contributed by atoms with Gasteiger partial charge in [0.05, 0.1) is 17.0 Å². The Bertz CT molecular complexity index is 460. The average molecular weight is 270 g/mol. The lowest BCUT2D eigenvalue weighted by Crippen LogP contribution is -2.33. The first-order chi connectivity index (χ1) is 8.47. The molecule has 0 unspecified atom stereocenters. The van der Waals surface area contributed by atoms with Crippen LogP contribution in [0.15, 0.2) is 18.2 Å². The molecular formula is C13H16ClNO3. The van der Waals surface area contributed by atoms with Crippen molar-refractivity contribution in [2.75, 3.05) is 13.1 Å². The van der Waals surface area contributed by atoms with Gasteiger partial charge < -0.3 is 10.0 Å². The van der Waals surface area contributed by atoms with Crippen molar-refractivity contribution in [1.82, 2.24) is 4.90 Å². The molecule has 0 saturated heterocycles. The first-order valence-corrected chi connectivity index (χ1v) is 6.11. The molecule has 0 spiro atoms. The fraction of sp³-hybridized carbons (Fsp3) is 0.385. The van der Waals surface area contributed by atoms with E-state index in [0.29, 0.717) is 17.1 Å². The van der Waals surface area contributed by atoms with Crippen molar-refractivity contribution in [3.63, 3.8) is 0 Å². The van der Waals surface area contributed by atoms with Crippen molar-refractivity contribution in [3.05, 3.63) is 34.3 Å². The molecule has 0 heterocycles. The quantitative estimate of drug-likeness (QED) is 0.894. The lowest BCUT2D eigenvalue weighted by atomic mass is 10.1. The first kappa shape index (κ1) is 14.5. The van der Waals surface area contributed by atoms with Crippen molar-refractivity contribution in [1.29, 1.82) is 0 Å². The fourth-order valence-electron chi connectivity index (χ4n) is 1.62. The van der Waals surface area contributed by atoms with E-state index in [-0.39, 0.29) is 18.9 Å². The Labute approximate surface area is 111 Å². The van der Waals surface area contributed by atoms with Crippen LogP contribution in [0.5, 0.6) is 0 Å². The molecule has 0 radical (unpaired) electrons. The Hall–Kier alpha value is -1.55. The topological polar surface area (TPSA) is 57.6 Å². The molecule has 1 aromatic rings. The number of aryl methyl sites for hydroxylation is 1. The van der Waals surface area contributed by atoms with Crippen LogP contribution in [0.1, 0.15) is 29.3 Å². The molecular weight excluding hydrogens is 254 g/mol. The van der Waals surface area contributed by atoms with E-state index in [1.54, 1.807) is 12.1 Å². The van der Waals surface area contributed by atoms with E-state index in [9.17, 15) is 9.59 Å². The number of nitrogens with zero attached hydrogens (tertiary/aromatic N) is 1. The predicted molar refractivity (Wildman–Crippen MR) is 70.0 cm³/mol. The van der Waals surface area contributed by atoms with E-state index in [0.717, 1.165) is 5.56 Å². The largest absolute Gasteiger partial charge is 0.481 e. The second-order valence-electron chi connectivity index (χ2n) is 3.97. The van der Waals surface area contributed by atoms with Gasteiger partial charge in [-0.1, -0.05) is 23.7 Å². The smallest absolute Gasteiger partial charge is 0.305 e. The van der Waals surface area contributed by atoms with Gasteiger partial charge in [-0.3, -0.25) is 9.59 Å². The number of halogens is 1. The second kappa shape index (κ2) is 6.40. The summed E-state index contributed by atoms with van der Waals surface area (Å²) < 4.78 is 0. The summed E-state index contributed by atoms with van der Waals surface area (Å²) >= 11 is 6.09. The van der Waals surface area contributed by atoms with Crippen LogP contribution >= 0.6 is 11.6 Å². The highest BCUT2D eigenvalue weighted by atomic mass is 35.5. The van der Waals surface area contributed by atoms with Gasteiger partial charge in [-0.05, 0) is 25.5 Å². The molecule has 1 aromatic carbocycles. The molecule has 0 saturated carbocycles. The molecule has 0 aliphatic rings. The monoisotopic (exact) mass is 269 g/mol. The lowest BCUT2D eigenvalue weighted by molar-refractivity contribution is -0.137. The van der Waals surface area contributed by atoms with E-state index >= 15 is 0 Å². The maximum atomic E-state index is 12.2. The number of carboxylic acids is 1. The second-order valence-corrected chi connectivity index (χ2v) is 4.34. The summed E-state index contributed by atoms with van der Waals surface area (Å²) in [6.45, 7) is 4.28. The zero-order chi connectivity index (χ0) is 13.7. The molecule has 0 aliphatic heterocycles. The van der Waals surface area contributed by atoms with Crippen LogP contribution in [-0.4, -0.2) is 35.0 Å². The molecule has 98 valence electrons. The van der Waals surface area contributed by atoms with Crippen LogP contribution in [0.4, 0.5) is 0 Å². The fourth-order valence-corrected chi connectivity index (χ4v) is 1.82. The van der Waals surface area contributed by atoms with Crippen molar-refractivity contribution in [3.8, 4) is 0 Å². The molecule has 5 heteroatoms. The number of hydrogen-bond acceptors (Lipinski definition) is 2. The summed E-state index contributed by atoms with van der Waals surface area (Å²) in [6, 6.07) is 5.24. The minimum absolute atomic E-state index is 0.0665. The Balaban J connectivity index is 2.89. The highest BCUT2D eigenvalue weighted by Gasteiger charge is 2.18. The van der Waals surface area contributed by atoms with Crippen LogP contribution in [0, 0.1) is 6.92 Å². The summed E-state index contributed by atoms with van der Waals surface area (Å²) in [5.74, 6) is -1.15. The van der Waals surface area contributed by atoms with E-state index in [1.807, 2.05) is 19.9 Å². The van der Waals surface area contributed by atoms with Gasteiger partial charge in [-0.15, -0.1) is 0 Å². The molecule has 0 aromatic heterocycles. The molecule has 0 atom stereocenters. The summed E-state index contributed by atoms with van der Waals surface area (Å²) in [7, 11) is 0. The summed E-state index contributed by atoms with van der Waals surface area (Å²) in [5, 5.41) is 9.07. The molecule has 0 fully saturated rings. The van der Waals surface area contributed by atoms with Gasteiger partial charge in [0, 0.05) is 13.1 Å². The predicted octanol–water partition coefficient (Wildman–Crippen LogP) is 2.59. The highest BCUT2D eigenvalue weighted by Crippen LogP contribution is 2.21. The molecule has 1 rings (SSSR count). The van der Waals surface area contributed by atoms with E-state index in [1.165, 1.54) is 4.90 Å². The number of carbonyl (C=O) groups is 2. The van der Waals surface area contributed by atoms with Crippen LogP contribution in [-0.2, 0) is 4.79 Å². The van der Waals surface area contributed by atoms with Crippen LogP contribution in [0.25, 0.3) is 0 Å². The number of rotatable bonds is 5. The number of aliphatic carboxylic acids is 1. The van der Waals surface area contributed by atoms with Gasteiger partial charge in [0.1, 0.15) is 0 Å². The lowest BCUT2D eigenvalue weighted by Gasteiger charge is -2.21. The number of carboxylic acid groups (broad SMARTS) is 1. The van der Waals surface area contributed by atoms with E-state index in [4.69, 9.17) is 16.7 Å². The van der Waals surface area contributed by atoms with Crippen molar-refractivity contribution < 1.29 is 14.7 Å². The normalized spacial score (nSPS) is 10.2. The molecule has 4 nitrogen and oxygen atoms in total. The Morgan fingerprint density at radius 3 is 2.61 bits per heavy atom. The van der Waals surface area contributed by atoms with Gasteiger partial charge in [0.2, 0.25) is 0 Å². The van der Waals surface area contributed by atoms with Gasteiger partial charge in [0.15, 0.2) is 0 Å². The Morgan fingerprint density at radius 2 is 2.06 bits per heavy atom. The van der Waals surface area contributed by atoms with E-state index in [2.05, 4.69) is 0 Å². The van der Waals surface area contributed by atoms with Gasteiger partial charge >= 0.3 is 5.97 Å². The SMILES string of the molecule is CCN(CCC(=O)O)C(=O)c1cccc(C)c1Cl. The van der Waals surface area contributed by atoms with Crippen LogP contribution in [0.3, 0.4) is 0 Å². The third-order valence-electron chi connectivity index (χ3n) is 2.69. The standard InChI is InChI=1S/C13H16ClNO3/c1-3-15(8-7-11(16)17)13(18)10-6-4-5-9(2)12(10)14/h4-6H,3,7-8H2,1-2H3,(H,16,17). The molecule has 0 aliphatic carbocycles. The summed E-state index contributed by atoms with van der Waals surface area (Å²) in [5.41, 5.74) is 1.25. The summed E-state index contributed by atoms with van der Waals surface area (Å²) in [4.78, 5) is 24.2. The third-order valence-corrected chi connectivity index (χ3v) is 3.19. The maximum absolute atomic E-state index is 12.2. The highest BCUT2D eigenvalue weighted by molar-refractivity contribution is 6.34. The molecule has 0 bridgehead atoms. The van der Waals surface area contributed by atoms with Crippen LogP contribution in [0.2, 0.25) is 5.02 Å². The Kier molecular flexibility index (Phi) is 5.16. The molecule has 1 N–H and O–H groups in total. The van der Waals surface area contributed by atoms with Gasteiger partial charge in [-0.25, -0.2) is 0 Å². The minimum atomic E-state index is -0.920. The summed E-state index contributed by atoms with van der Waals surface area (Å²) in [6.07, 6.45) is -0.0665. The van der Waals surface area contributed by atoms with Crippen molar-refractivity contribution in [2.45, 2.75) is 20.3 Å². The van der Waals surface area contributed by atoms with E-state index < -0.39 is 5.97 Å². The zero-order valence-electron chi connectivity index (χ0n) is 10.4. The Morgan fingerprint density at radius 1 is 1.39 bits per heavy atom. The number of hydrogen-bond donors (Lipinski definition) is 1. The van der Waals surface area contributed by atoms with Crippen LogP contribution < -0.4 is 0 Å². The number of amides is 1. The minimum Gasteiger partial charge on any atom is -0.481 e. The van der Waals surface area contributed by atoms with Gasteiger partial charge in [0.25, 0.3) is 5.91 Å². The average Bonchev–Trinajstić information content (AvgIpc) is 2.32. The van der Waals surface area contributed by atoms with Crippen molar-refractivity contribution in [2.24, 2.45) is 0 Å². The zero-order valence-corrected chi connectivity index (χ0v) is 11.2. The first-order valence-electron chi connectivity index (χ1n) is 5.73. The molecule has 1 amide bonds. The number of benzene rings is 1. The molecule has 18 heavy (non-hydrogen) atoms. The number of carbonyl (C=O) groups excluding carboxylic acids is 1. The maximum Gasteiger partial charge on any atom is 0.305 e. The third kappa shape index (κ3) is 3.47. The van der Waals surface area contributed by atoms with Gasteiger partial charge in [-0.2, -0.15) is 0 Å².